The van der Waals surface area contributed by atoms with Gasteiger partial charge in [-0.05, 0) is 23.8 Å². The Morgan fingerprint density at radius 3 is 2.57 bits per heavy atom. The average molecular weight is 332 g/mol. The van der Waals surface area contributed by atoms with Crippen LogP contribution in [0.5, 0.6) is 0 Å². The van der Waals surface area contributed by atoms with Crippen molar-refractivity contribution in [3.05, 3.63) is 47.1 Å². The van der Waals surface area contributed by atoms with E-state index in [4.69, 9.17) is 11.6 Å². The lowest BCUT2D eigenvalue weighted by Crippen LogP contribution is -2.46. The lowest BCUT2D eigenvalue weighted by Gasteiger charge is -2.32. The summed E-state index contributed by atoms with van der Waals surface area (Å²) < 4.78 is 0. The van der Waals surface area contributed by atoms with Crippen LogP contribution in [0.25, 0.3) is 0 Å². The minimum Gasteiger partial charge on any atom is -0.366 e. The number of amides is 1. The van der Waals surface area contributed by atoms with Crippen LogP contribution in [0.4, 0.5) is 11.8 Å². The number of halogens is 1. The third-order valence-corrected chi connectivity index (χ3v) is 4.03. The zero-order valence-electron chi connectivity index (χ0n) is 12.7. The summed E-state index contributed by atoms with van der Waals surface area (Å²) in [6.45, 7) is 3.58. The number of carbonyl (C=O) groups is 1. The maximum absolute atomic E-state index is 10.8. The molecule has 7 heteroatoms. The molecule has 0 saturated carbocycles. The van der Waals surface area contributed by atoms with Crippen molar-refractivity contribution in [2.75, 3.05) is 36.4 Å². The number of aromatic nitrogens is 2. The van der Waals surface area contributed by atoms with Gasteiger partial charge in [0.2, 0.25) is 12.4 Å². The van der Waals surface area contributed by atoms with Crippen LogP contribution in [-0.4, -0.2) is 47.5 Å². The molecule has 1 aromatic carbocycles. The molecule has 0 spiro atoms. The highest BCUT2D eigenvalue weighted by molar-refractivity contribution is 6.30. The molecule has 1 aliphatic rings. The number of hydrogen-bond donors (Lipinski definition) is 1. The number of nitrogens with one attached hydrogen (secondary N) is 1. The SMILES string of the molecule is O=CN1CCN(c2nccc(NCc3ccc(Cl)cc3)n2)CC1. The summed E-state index contributed by atoms with van der Waals surface area (Å²) in [5.74, 6) is 1.47. The van der Waals surface area contributed by atoms with Gasteiger partial charge in [-0.25, -0.2) is 4.98 Å². The Kier molecular flexibility index (Phi) is 4.92. The van der Waals surface area contributed by atoms with Crippen molar-refractivity contribution < 1.29 is 4.79 Å². The maximum Gasteiger partial charge on any atom is 0.227 e. The highest BCUT2D eigenvalue weighted by atomic mass is 35.5. The molecule has 23 heavy (non-hydrogen) atoms. The van der Waals surface area contributed by atoms with Gasteiger partial charge in [-0.15, -0.1) is 0 Å². The second kappa shape index (κ2) is 7.28. The molecular formula is C16H18ClN5O. The number of carbonyl (C=O) groups excluding carboxylic acids is 1. The largest absolute Gasteiger partial charge is 0.366 e. The van der Waals surface area contributed by atoms with E-state index >= 15 is 0 Å². The number of hydrogen-bond acceptors (Lipinski definition) is 5. The summed E-state index contributed by atoms with van der Waals surface area (Å²) in [6, 6.07) is 9.56. The molecule has 3 rings (SSSR count). The smallest absolute Gasteiger partial charge is 0.227 e. The predicted molar refractivity (Wildman–Crippen MR) is 90.7 cm³/mol. The van der Waals surface area contributed by atoms with Crippen LogP contribution < -0.4 is 10.2 Å². The zero-order valence-corrected chi connectivity index (χ0v) is 13.4. The quantitative estimate of drug-likeness (QED) is 0.849. The third-order valence-electron chi connectivity index (χ3n) is 3.78. The molecule has 6 nitrogen and oxygen atoms in total. The van der Waals surface area contributed by atoms with E-state index in [0.717, 1.165) is 35.9 Å². The van der Waals surface area contributed by atoms with Crippen molar-refractivity contribution >= 4 is 29.8 Å². The van der Waals surface area contributed by atoms with Gasteiger partial charge >= 0.3 is 0 Å². The molecule has 0 atom stereocenters. The molecule has 0 aliphatic carbocycles. The molecule has 2 aromatic rings. The van der Waals surface area contributed by atoms with Crippen molar-refractivity contribution in [1.29, 1.82) is 0 Å². The molecule has 1 N–H and O–H groups in total. The molecular weight excluding hydrogens is 314 g/mol. The Morgan fingerprint density at radius 1 is 1.13 bits per heavy atom. The van der Waals surface area contributed by atoms with Crippen LogP contribution in [0, 0.1) is 0 Å². The van der Waals surface area contributed by atoms with E-state index in [1.807, 2.05) is 30.3 Å². The first-order valence-electron chi connectivity index (χ1n) is 7.50. The standard InChI is InChI=1S/C16H18ClN5O/c17-14-3-1-13(2-4-14)11-19-15-5-6-18-16(20-15)22-9-7-21(12-23)8-10-22/h1-6,12H,7-11H2,(H,18,19,20). The molecule has 1 saturated heterocycles. The van der Waals surface area contributed by atoms with E-state index < -0.39 is 0 Å². The van der Waals surface area contributed by atoms with Crippen LogP contribution in [0.1, 0.15) is 5.56 Å². The van der Waals surface area contributed by atoms with Gasteiger partial charge in [0.25, 0.3) is 0 Å². The summed E-state index contributed by atoms with van der Waals surface area (Å²) >= 11 is 5.88. The van der Waals surface area contributed by atoms with E-state index in [2.05, 4.69) is 20.2 Å². The maximum atomic E-state index is 10.8. The Balaban J connectivity index is 1.61. The van der Waals surface area contributed by atoms with Gasteiger partial charge in [-0.3, -0.25) is 4.79 Å². The summed E-state index contributed by atoms with van der Waals surface area (Å²) in [5.41, 5.74) is 1.13. The first-order valence-corrected chi connectivity index (χ1v) is 7.88. The van der Waals surface area contributed by atoms with Gasteiger partial charge < -0.3 is 15.1 Å². The van der Waals surface area contributed by atoms with Crippen LogP contribution in [0.3, 0.4) is 0 Å². The van der Waals surface area contributed by atoms with E-state index in [1.54, 1.807) is 11.1 Å². The third kappa shape index (κ3) is 4.10. The summed E-state index contributed by atoms with van der Waals surface area (Å²) in [7, 11) is 0. The average Bonchev–Trinajstić information content (AvgIpc) is 2.61. The minimum absolute atomic E-state index is 0.673. The fraction of sp³-hybridized carbons (Fsp3) is 0.312. The highest BCUT2D eigenvalue weighted by Crippen LogP contribution is 2.15. The van der Waals surface area contributed by atoms with Crippen molar-refractivity contribution in [3.8, 4) is 0 Å². The van der Waals surface area contributed by atoms with E-state index in [-0.39, 0.29) is 0 Å². The topological polar surface area (TPSA) is 61.4 Å². The number of benzene rings is 1. The van der Waals surface area contributed by atoms with Gasteiger partial charge in [-0.1, -0.05) is 23.7 Å². The molecule has 0 radical (unpaired) electrons. The van der Waals surface area contributed by atoms with E-state index in [9.17, 15) is 4.79 Å². The first kappa shape index (κ1) is 15.6. The number of anilines is 2. The highest BCUT2D eigenvalue weighted by Gasteiger charge is 2.17. The fourth-order valence-corrected chi connectivity index (χ4v) is 2.55. The lowest BCUT2D eigenvalue weighted by atomic mass is 10.2. The Hall–Kier alpha value is -2.34. The van der Waals surface area contributed by atoms with Crippen molar-refractivity contribution in [2.24, 2.45) is 0 Å². The normalized spacial score (nSPS) is 14.7. The molecule has 0 unspecified atom stereocenters. The Labute approximate surface area is 140 Å². The summed E-state index contributed by atoms with van der Waals surface area (Å²) in [4.78, 5) is 23.5. The van der Waals surface area contributed by atoms with Gasteiger partial charge in [0.05, 0.1) is 0 Å². The molecule has 1 aromatic heterocycles. The van der Waals surface area contributed by atoms with Crippen molar-refractivity contribution in [1.82, 2.24) is 14.9 Å². The van der Waals surface area contributed by atoms with Crippen LogP contribution in [0.15, 0.2) is 36.5 Å². The van der Waals surface area contributed by atoms with Crippen molar-refractivity contribution in [2.45, 2.75) is 6.54 Å². The van der Waals surface area contributed by atoms with Crippen LogP contribution in [0.2, 0.25) is 5.02 Å². The van der Waals surface area contributed by atoms with Gasteiger partial charge in [-0.2, -0.15) is 4.98 Å². The number of rotatable bonds is 5. The molecule has 1 fully saturated rings. The van der Waals surface area contributed by atoms with E-state index in [0.29, 0.717) is 25.6 Å². The van der Waals surface area contributed by atoms with Crippen LogP contribution >= 0.6 is 11.6 Å². The Bertz CT molecular complexity index is 656. The summed E-state index contributed by atoms with van der Waals surface area (Å²) in [5, 5.41) is 4.02. The van der Waals surface area contributed by atoms with E-state index in [1.165, 1.54) is 0 Å². The molecule has 0 bridgehead atoms. The lowest BCUT2D eigenvalue weighted by molar-refractivity contribution is -0.118. The molecule has 120 valence electrons. The second-order valence-corrected chi connectivity index (χ2v) is 5.79. The van der Waals surface area contributed by atoms with Crippen LogP contribution in [-0.2, 0) is 11.3 Å². The number of piperazine rings is 1. The monoisotopic (exact) mass is 331 g/mol. The first-order chi connectivity index (χ1) is 11.2. The predicted octanol–water partition coefficient (Wildman–Crippen LogP) is 2.02. The summed E-state index contributed by atoms with van der Waals surface area (Å²) in [6.07, 6.45) is 2.64. The van der Waals surface area contributed by atoms with Gasteiger partial charge in [0.15, 0.2) is 0 Å². The molecule has 2 heterocycles. The zero-order chi connectivity index (χ0) is 16.1. The van der Waals surface area contributed by atoms with Gasteiger partial charge in [0.1, 0.15) is 5.82 Å². The Morgan fingerprint density at radius 2 is 1.87 bits per heavy atom. The molecule has 1 aliphatic heterocycles. The fourth-order valence-electron chi connectivity index (χ4n) is 2.42. The second-order valence-electron chi connectivity index (χ2n) is 5.35. The van der Waals surface area contributed by atoms with Gasteiger partial charge in [0, 0.05) is 43.9 Å². The minimum atomic E-state index is 0.673. The number of nitrogens with zero attached hydrogens (tertiary/aromatic N) is 4. The molecule has 1 amide bonds. The van der Waals surface area contributed by atoms with Crippen molar-refractivity contribution in [3.63, 3.8) is 0 Å².